The summed E-state index contributed by atoms with van der Waals surface area (Å²) in [5.74, 6) is -0.158. The van der Waals surface area contributed by atoms with Crippen molar-refractivity contribution in [3.63, 3.8) is 0 Å². The molecular weight excluding hydrogens is 306 g/mol. The molecule has 0 saturated carbocycles. The van der Waals surface area contributed by atoms with Crippen molar-refractivity contribution in [1.29, 1.82) is 0 Å². The Morgan fingerprint density at radius 1 is 0.958 bits per heavy atom. The van der Waals surface area contributed by atoms with E-state index in [9.17, 15) is 15.0 Å². The summed E-state index contributed by atoms with van der Waals surface area (Å²) in [6.45, 7) is 1.43. The van der Waals surface area contributed by atoms with Crippen LogP contribution in [-0.2, 0) is 4.79 Å². The quantitative estimate of drug-likeness (QED) is 0.614. The summed E-state index contributed by atoms with van der Waals surface area (Å²) in [5, 5.41) is 32.1. The first-order valence-corrected chi connectivity index (χ1v) is 7.27. The fraction of sp³-hybridized carbons (Fsp3) is 0.0556. The number of para-hydroxylation sites is 1. The maximum absolute atomic E-state index is 11.1. The van der Waals surface area contributed by atoms with Crippen LogP contribution in [0.1, 0.15) is 6.92 Å². The molecule has 3 N–H and O–H groups in total. The average molecular weight is 321 g/mol. The van der Waals surface area contributed by atoms with Crippen molar-refractivity contribution in [3.05, 3.63) is 54.6 Å². The molecule has 3 aromatic carbocycles. The number of rotatable bonds is 3. The average Bonchev–Trinajstić information content (AvgIpc) is 2.55. The van der Waals surface area contributed by atoms with E-state index in [-0.39, 0.29) is 23.1 Å². The first-order chi connectivity index (χ1) is 11.5. The van der Waals surface area contributed by atoms with E-state index < -0.39 is 0 Å². The van der Waals surface area contributed by atoms with Crippen molar-refractivity contribution < 1.29 is 15.0 Å². The van der Waals surface area contributed by atoms with Gasteiger partial charge in [-0.25, -0.2) is 0 Å². The number of hydrogen-bond acceptors (Lipinski definition) is 5. The minimum Gasteiger partial charge on any atom is -0.506 e. The van der Waals surface area contributed by atoms with Gasteiger partial charge in [-0.15, -0.1) is 10.2 Å². The Balaban J connectivity index is 1.97. The number of phenolic OH excluding ortho intramolecular Hbond substituents is 2. The molecule has 0 heterocycles. The van der Waals surface area contributed by atoms with Crippen LogP contribution in [0, 0.1) is 0 Å². The molecule has 3 rings (SSSR count). The lowest BCUT2D eigenvalue weighted by molar-refractivity contribution is -0.114. The number of anilines is 1. The Morgan fingerprint density at radius 3 is 2.46 bits per heavy atom. The molecule has 0 bridgehead atoms. The molecule has 0 unspecified atom stereocenters. The smallest absolute Gasteiger partial charge is 0.221 e. The van der Waals surface area contributed by atoms with Crippen molar-refractivity contribution in [2.75, 3.05) is 5.32 Å². The largest absolute Gasteiger partial charge is 0.506 e. The number of amides is 1. The predicted molar refractivity (Wildman–Crippen MR) is 92.2 cm³/mol. The van der Waals surface area contributed by atoms with Gasteiger partial charge in [0.1, 0.15) is 17.1 Å². The Morgan fingerprint density at radius 2 is 1.71 bits per heavy atom. The van der Waals surface area contributed by atoms with Gasteiger partial charge in [0.25, 0.3) is 0 Å². The van der Waals surface area contributed by atoms with E-state index in [1.807, 2.05) is 0 Å². The van der Waals surface area contributed by atoms with Crippen LogP contribution < -0.4 is 5.32 Å². The number of fused-ring (bicyclic) bond motifs is 1. The van der Waals surface area contributed by atoms with Gasteiger partial charge in [0.2, 0.25) is 5.91 Å². The van der Waals surface area contributed by atoms with Crippen LogP contribution in [0.25, 0.3) is 10.8 Å². The second-order valence-electron chi connectivity index (χ2n) is 5.24. The van der Waals surface area contributed by atoms with E-state index in [1.54, 1.807) is 48.5 Å². The summed E-state index contributed by atoms with van der Waals surface area (Å²) in [7, 11) is 0. The zero-order valence-electron chi connectivity index (χ0n) is 12.9. The van der Waals surface area contributed by atoms with E-state index in [1.165, 1.54) is 13.0 Å². The normalized spacial score (nSPS) is 11.0. The summed E-state index contributed by atoms with van der Waals surface area (Å²) < 4.78 is 0. The van der Waals surface area contributed by atoms with Gasteiger partial charge in [-0.05, 0) is 41.8 Å². The molecule has 0 atom stereocenters. The molecule has 0 aliphatic rings. The summed E-state index contributed by atoms with van der Waals surface area (Å²) >= 11 is 0. The lowest BCUT2D eigenvalue weighted by Gasteiger charge is -2.07. The molecule has 0 radical (unpaired) electrons. The Hall–Kier alpha value is -3.41. The monoisotopic (exact) mass is 321 g/mol. The Labute approximate surface area is 138 Å². The number of azo groups is 1. The van der Waals surface area contributed by atoms with Crippen LogP contribution in [0.4, 0.5) is 17.1 Å². The van der Waals surface area contributed by atoms with Crippen LogP contribution in [0.2, 0.25) is 0 Å². The standard InChI is InChI=1S/C18H15N3O3/c1-11(22)19-13-7-8-14-12(10-13)6-9-16(18(14)24)21-20-15-4-2-3-5-17(15)23/h2-10,23-24H,1H3,(H,19,22). The summed E-state index contributed by atoms with van der Waals surface area (Å²) in [6, 6.07) is 15.1. The SMILES string of the molecule is CC(=O)Nc1ccc2c(O)c(N=Nc3ccccc3O)ccc2c1. The number of benzene rings is 3. The molecule has 0 aromatic heterocycles. The van der Waals surface area contributed by atoms with Crippen molar-refractivity contribution in [2.45, 2.75) is 6.92 Å². The van der Waals surface area contributed by atoms with Crippen LogP contribution >= 0.6 is 0 Å². The molecule has 6 heteroatoms. The van der Waals surface area contributed by atoms with Crippen molar-refractivity contribution in [2.24, 2.45) is 10.2 Å². The molecular formula is C18H15N3O3. The summed E-state index contributed by atoms with van der Waals surface area (Å²) in [6.07, 6.45) is 0. The maximum Gasteiger partial charge on any atom is 0.221 e. The summed E-state index contributed by atoms with van der Waals surface area (Å²) in [5.41, 5.74) is 1.26. The van der Waals surface area contributed by atoms with Crippen molar-refractivity contribution in [3.8, 4) is 11.5 Å². The van der Waals surface area contributed by atoms with E-state index in [2.05, 4.69) is 15.5 Å². The molecule has 0 aliphatic carbocycles. The lowest BCUT2D eigenvalue weighted by atomic mass is 10.1. The lowest BCUT2D eigenvalue weighted by Crippen LogP contribution is -2.05. The highest BCUT2D eigenvalue weighted by molar-refractivity contribution is 5.97. The van der Waals surface area contributed by atoms with Gasteiger partial charge in [0.15, 0.2) is 5.75 Å². The highest BCUT2D eigenvalue weighted by Crippen LogP contribution is 2.37. The molecule has 3 aromatic rings. The number of phenols is 2. The molecule has 1 amide bonds. The fourth-order valence-corrected chi connectivity index (χ4v) is 2.32. The molecule has 120 valence electrons. The van der Waals surface area contributed by atoms with Crippen LogP contribution in [0.15, 0.2) is 64.8 Å². The van der Waals surface area contributed by atoms with Crippen molar-refractivity contribution >= 4 is 33.7 Å². The van der Waals surface area contributed by atoms with E-state index in [0.717, 1.165) is 5.39 Å². The van der Waals surface area contributed by atoms with E-state index >= 15 is 0 Å². The maximum atomic E-state index is 11.1. The third kappa shape index (κ3) is 3.17. The zero-order valence-corrected chi connectivity index (χ0v) is 12.9. The zero-order chi connectivity index (χ0) is 17.1. The van der Waals surface area contributed by atoms with Gasteiger partial charge >= 0.3 is 0 Å². The summed E-state index contributed by atoms with van der Waals surface area (Å²) in [4.78, 5) is 11.1. The number of hydrogen-bond donors (Lipinski definition) is 3. The highest BCUT2D eigenvalue weighted by Gasteiger charge is 2.08. The van der Waals surface area contributed by atoms with Gasteiger partial charge in [0.05, 0.1) is 0 Å². The molecule has 24 heavy (non-hydrogen) atoms. The second-order valence-corrected chi connectivity index (χ2v) is 5.24. The van der Waals surface area contributed by atoms with Crippen LogP contribution in [0.5, 0.6) is 11.5 Å². The topological polar surface area (TPSA) is 94.3 Å². The third-order valence-corrected chi connectivity index (χ3v) is 3.44. The van der Waals surface area contributed by atoms with Gasteiger partial charge in [0, 0.05) is 18.0 Å². The number of aromatic hydroxyl groups is 2. The second kappa shape index (κ2) is 6.37. The first kappa shape index (κ1) is 15.5. The molecule has 0 saturated heterocycles. The number of nitrogens with one attached hydrogen (secondary N) is 1. The van der Waals surface area contributed by atoms with Gasteiger partial charge in [-0.2, -0.15) is 0 Å². The molecule has 0 spiro atoms. The van der Waals surface area contributed by atoms with E-state index in [4.69, 9.17) is 0 Å². The molecule has 0 fully saturated rings. The van der Waals surface area contributed by atoms with Crippen LogP contribution in [-0.4, -0.2) is 16.1 Å². The number of nitrogens with zero attached hydrogens (tertiary/aromatic N) is 2. The van der Waals surface area contributed by atoms with Crippen LogP contribution in [0.3, 0.4) is 0 Å². The van der Waals surface area contributed by atoms with Crippen molar-refractivity contribution in [1.82, 2.24) is 0 Å². The Bertz CT molecular complexity index is 951. The number of carbonyl (C=O) groups excluding carboxylic acids is 1. The molecule has 6 nitrogen and oxygen atoms in total. The van der Waals surface area contributed by atoms with Gasteiger partial charge in [-0.3, -0.25) is 4.79 Å². The Kier molecular flexibility index (Phi) is 4.11. The number of carbonyl (C=O) groups is 1. The highest BCUT2D eigenvalue weighted by atomic mass is 16.3. The minimum absolute atomic E-state index is 0.0129. The third-order valence-electron chi connectivity index (χ3n) is 3.44. The predicted octanol–water partition coefficient (Wildman–Crippen LogP) is 4.62. The molecule has 0 aliphatic heterocycles. The minimum atomic E-state index is -0.160. The van der Waals surface area contributed by atoms with E-state index in [0.29, 0.717) is 16.8 Å². The first-order valence-electron chi connectivity index (χ1n) is 7.27. The van der Waals surface area contributed by atoms with Gasteiger partial charge < -0.3 is 15.5 Å². The van der Waals surface area contributed by atoms with Gasteiger partial charge in [-0.1, -0.05) is 18.2 Å². The fourth-order valence-electron chi connectivity index (χ4n) is 2.32.